The number of pyridine rings is 1. The molecule has 2 aromatic heterocycles. The average Bonchev–Trinajstić information content (AvgIpc) is 3.59. The van der Waals surface area contributed by atoms with Crippen LogP contribution >= 0.6 is 0 Å². The number of carbonyl (C=O) groups excluding carboxylic acids is 3. The molecule has 2 aliphatic carbocycles. The van der Waals surface area contributed by atoms with Crippen LogP contribution in [0.2, 0.25) is 0 Å². The van der Waals surface area contributed by atoms with Crippen molar-refractivity contribution in [2.24, 2.45) is 11.7 Å². The number of aromatic nitrogens is 2. The number of nitrogens with zero attached hydrogens (tertiary/aromatic N) is 2. The number of methoxy groups -OCH3 is 1. The summed E-state index contributed by atoms with van der Waals surface area (Å²) in [6.45, 7) is 5.49. The molecule has 0 aliphatic heterocycles. The van der Waals surface area contributed by atoms with E-state index >= 15 is 0 Å². The fraction of sp³-hybridized carbons (Fsp3) is 0.630. The van der Waals surface area contributed by atoms with Crippen LogP contribution in [-0.4, -0.2) is 46.3 Å². The number of nitrogens with two attached hydrogens (primary N) is 1. The Morgan fingerprint density at radius 3 is 2.33 bits per heavy atom. The van der Waals surface area contributed by atoms with Crippen LogP contribution in [-0.2, 0) is 20.8 Å². The Balaban J connectivity index is 0.000000221. The monoisotopic (exact) mass is 500 g/mol. The molecule has 0 saturated heterocycles. The van der Waals surface area contributed by atoms with E-state index in [0.717, 1.165) is 6.42 Å². The smallest absolute Gasteiger partial charge is 0.420 e. The van der Waals surface area contributed by atoms with Gasteiger partial charge in [0.15, 0.2) is 5.65 Å². The molecule has 9 heteroatoms. The van der Waals surface area contributed by atoms with Crippen molar-refractivity contribution >= 4 is 29.0 Å². The summed E-state index contributed by atoms with van der Waals surface area (Å²) in [6.07, 6.45) is 13.3. The van der Waals surface area contributed by atoms with Gasteiger partial charge in [0, 0.05) is 36.8 Å². The second kappa shape index (κ2) is 12.3. The highest BCUT2D eigenvalue weighted by atomic mass is 16.6. The number of carbonyl (C=O) groups is 3. The van der Waals surface area contributed by atoms with E-state index in [4.69, 9.17) is 15.2 Å². The molecule has 4 rings (SSSR count). The molecule has 0 radical (unpaired) electrons. The van der Waals surface area contributed by atoms with Crippen LogP contribution in [0, 0.1) is 5.92 Å². The number of fused-ring (bicyclic) bond motifs is 1. The lowest BCUT2D eigenvalue weighted by atomic mass is 10.0. The largest absolute Gasteiger partial charge is 0.465 e. The maximum Gasteiger partial charge on any atom is 0.420 e. The van der Waals surface area contributed by atoms with Gasteiger partial charge in [0.25, 0.3) is 0 Å². The molecule has 0 unspecified atom stereocenters. The summed E-state index contributed by atoms with van der Waals surface area (Å²) in [5, 5.41) is 3.67. The number of ether oxygens (including phenoxy) is 2. The molecule has 0 atom stereocenters. The lowest BCUT2D eigenvalue weighted by molar-refractivity contribution is -0.122. The van der Waals surface area contributed by atoms with Gasteiger partial charge in [-0.3, -0.25) is 4.79 Å². The van der Waals surface area contributed by atoms with Crippen molar-refractivity contribution in [2.45, 2.75) is 96.7 Å². The number of nitrogens with one attached hydrogen (secondary N) is 1. The van der Waals surface area contributed by atoms with Gasteiger partial charge in [-0.25, -0.2) is 19.1 Å². The highest BCUT2D eigenvalue weighted by Gasteiger charge is 2.25. The van der Waals surface area contributed by atoms with E-state index in [1.54, 1.807) is 26.8 Å². The van der Waals surface area contributed by atoms with E-state index in [1.807, 2.05) is 0 Å². The van der Waals surface area contributed by atoms with Gasteiger partial charge < -0.3 is 20.5 Å². The minimum absolute atomic E-state index is 0.210. The van der Waals surface area contributed by atoms with Crippen molar-refractivity contribution in [2.75, 3.05) is 7.11 Å². The van der Waals surface area contributed by atoms with Gasteiger partial charge in [0.05, 0.1) is 12.7 Å². The van der Waals surface area contributed by atoms with E-state index in [9.17, 15) is 14.4 Å². The topological polar surface area (TPSA) is 126 Å². The zero-order chi connectivity index (χ0) is 26.3. The Labute approximate surface area is 213 Å². The van der Waals surface area contributed by atoms with Gasteiger partial charge in [0.1, 0.15) is 5.60 Å². The molecule has 9 nitrogen and oxygen atoms in total. The Hall–Kier alpha value is -2.94. The molecule has 2 heterocycles. The highest BCUT2D eigenvalue weighted by Crippen LogP contribution is 2.28. The third kappa shape index (κ3) is 7.29. The Bertz CT molecular complexity index is 1040. The molecule has 0 bridgehead atoms. The standard InChI is InChI=1S/C15H19N3O4.C12H21NO/c1-15(2,3)22-14(20)18-8-10(13(19)21-4)11-9(7-16)5-6-17-12(11)18;14-12(9-10-5-1-2-6-10)13-11-7-3-4-8-11/h5-6,8H,7,16H2,1-4H3;10-11H,1-9H2,(H,13,14). The van der Waals surface area contributed by atoms with Crippen molar-refractivity contribution in [1.29, 1.82) is 0 Å². The lowest BCUT2D eigenvalue weighted by Gasteiger charge is -2.19. The Morgan fingerprint density at radius 1 is 1.11 bits per heavy atom. The van der Waals surface area contributed by atoms with Crippen LogP contribution in [0.25, 0.3) is 11.0 Å². The van der Waals surface area contributed by atoms with Crippen LogP contribution in [0.5, 0.6) is 0 Å². The SMILES string of the molecule is COC(=O)c1cn(C(=O)OC(C)(C)C)c2nccc(CN)c12.O=C(CC1CCCC1)NC1CCCC1. The molecule has 36 heavy (non-hydrogen) atoms. The summed E-state index contributed by atoms with van der Waals surface area (Å²) in [5.41, 5.74) is 6.30. The fourth-order valence-corrected chi connectivity index (χ4v) is 4.94. The zero-order valence-corrected chi connectivity index (χ0v) is 22.0. The minimum atomic E-state index is -0.662. The molecule has 0 aromatic carbocycles. The van der Waals surface area contributed by atoms with Gasteiger partial charge in [-0.05, 0) is 64.0 Å². The van der Waals surface area contributed by atoms with Gasteiger partial charge in [-0.1, -0.05) is 25.7 Å². The first-order chi connectivity index (χ1) is 17.1. The van der Waals surface area contributed by atoms with Crippen molar-refractivity contribution in [3.63, 3.8) is 0 Å². The zero-order valence-electron chi connectivity index (χ0n) is 22.0. The van der Waals surface area contributed by atoms with Crippen LogP contribution in [0.1, 0.15) is 94.5 Å². The Kier molecular flexibility index (Phi) is 9.48. The van der Waals surface area contributed by atoms with E-state index in [1.165, 1.54) is 75.4 Å². The van der Waals surface area contributed by atoms with E-state index in [-0.39, 0.29) is 12.1 Å². The van der Waals surface area contributed by atoms with Crippen LogP contribution in [0.4, 0.5) is 4.79 Å². The van der Waals surface area contributed by atoms with Crippen molar-refractivity contribution in [3.05, 3.63) is 29.6 Å². The first-order valence-electron chi connectivity index (χ1n) is 12.9. The quantitative estimate of drug-likeness (QED) is 0.570. The number of rotatable bonds is 5. The first kappa shape index (κ1) is 27.6. The van der Waals surface area contributed by atoms with Gasteiger partial charge in [-0.15, -0.1) is 0 Å². The van der Waals surface area contributed by atoms with Crippen LogP contribution in [0.3, 0.4) is 0 Å². The molecule has 2 aliphatic rings. The Morgan fingerprint density at radius 2 is 1.75 bits per heavy atom. The second-order valence-electron chi connectivity index (χ2n) is 10.7. The number of hydrogen-bond donors (Lipinski definition) is 2. The van der Waals surface area contributed by atoms with Crippen LogP contribution < -0.4 is 11.1 Å². The average molecular weight is 501 g/mol. The molecule has 3 N–H and O–H groups in total. The van der Waals surface area contributed by atoms with Crippen molar-refractivity contribution < 1.29 is 23.9 Å². The summed E-state index contributed by atoms with van der Waals surface area (Å²) in [6, 6.07) is 2.21. The summed E-state index contributed by atoms with van der Waals surface area (Å²) < 4.78 is 11.3. The highest BCUT2D eigenvalue weighted by molar-refractivity contribution is 6.06. The van der Waals surface area contributed by atoms with Crippen LogP contribution in [0.15, 0.2) is 18.5 Å². The maximum atomic E-state index is 12.3. The van der Waals surface area contributed by atoms with Crippen molar-refractivity contribution in [1.82, 2.24) is 14.9 Å². The predicted molar refractivity (Wildman–Crippen MR) is 138 cm³/mol. The van der Waals surface area contributed by atoms with Gasteiger partial charge in [-0.2, -0.15) is 0 Å². The molecule has 0 spiro atoms. The fourth-order valence-electron chi connectivity index (χ4n) is 4.94. The molecular weight excluding hydrogens is 460 g/mol. The van der Waals surface area contributed by atoms with Gasteiger partial charge >= 0.3 is 12.1 Å². The normalized spacial score (nSPS) is 16.5. The summed E-state index contributed by atoms with van der Waals surface area (Å²) in [5.74, 6) is 0.440. The molecule has 2 fully saturated rings. The third-order valence-corrected chi connectivity index (χ3v) is 6.66. The number of amides is 1. The minimum Gasteiger partial charge on any atom is -0.465 e. The predicted octanol–water partition coefficient (Wildman–Crippen LogP) is 4.69. The second-order valence-corrected chi connectivity index (χ2v) is 10.7. The third-order valence-electron chi connectivity index (χ3n) is 6.66. The number of esters is 1. The summed E-state index contributed by atoms with van der Waals surface area (Å²) in [4.78, 5) is 40.1. The van der Waals surface area contributed by atoms with E-state index in [2.05, 4.69) is 10.3 Å². The van der Waals surface area contributed by atoms with Crippen molar-refractivity contribution in [3.8, 4) is 0 Å². The molecule has 2 saturated carbocycles. The lowest BCUT2D eigenvalue weighted by Crippen LogP contribution is -2.33. The molecule has 2 aromatic rings. The van der Waals surface area contributed by atoms with E-state index in [0.29, 0.717) is 34.5 Å². The van der Waals surface area contributed by atoms with Gasteiger partial charge in [0.2, 0.25) is 5.91 Å². The summed E-state index contributed by atoms with van der Waals surface area (Å²) >= 11 is 0. The van der Waals surface area contributed by atoms with E-state index < -0.39 is 17.7 Å². The first-order valence-corrected chi connectivity index (χ1v) is 12.9. The molecule has 198 valence electrons. The number of hydrogen-bond acceptors (Lipinski definition) is 7. The maximum absolute atomic E-state index is 12.3. The molecule has 1 amide bonds. The molecular formula is C27H40N4O5. The summed E-state index contributed by atoms with van der Waals surface area (Å²) in [7, 11) is 1.28.